The van der Waals surface area contributed by atoms with E-state index in [0.717, 1.165) is 5.56 Å². The molecule has 1 aliphatic heterocycles. The second-order valence-electron chi connectivity index (χ2n) is 5.90. The van der Waals surface area contributed by atoms with Gasteiger partial charge in [0.2, 0.25) is 0 Å². The average Bonchev–Trinajstić information content (AvgIpc) is 2.84. The zero-order valence-corrected chi connectivity index (χ0v) is 13.5. The fourth-order valence-electron chi connectivity index (χ4n) is 2.66. The molecule has 0 fully saturated rings. The molecule has 2 amide bonds. The molecule has 5 heteroatoms. The summed E-state index contributed by atoms with van der Waals surface area (Å²) in [6.07, 6.45) is 0. The van der Waals surface area contributed by atoms with E-state index in [4.69, 9.17) is 4.74 Å². The number of amides is 2. The van der Waals surface area contributed by atoms with E-state index in [0.29, 0.717) is 5.56 Å². The standard InChI is InChI=1S/C19H17NO4/c1-12(2)20-17(21)15-9-8-14(10-16(15)18(20)22)19(23)24-11-13-6-4-3-5-7-13/h3-10,12H,11H2,1-2H3. The third-order valence-corrected chi connectivity index (χ3v) is 3.88. The third kappa shape index (κ3) is 2.80. The second kappa shape index (κ2) is 6.28. The van der Waals surface area contributed by atoms with Crippen molar-refractivity contribution < 1.29 is 19.1 Å². The summed E-state index contributed by atoms with van der Waals surface area (Å²) in [5.41, 5.74) is 1.72. The Morgan fingerprint density at radius 3 is 2.33 bits per heavy atom. The van der Waals surface area contributed by atoms with Gasteiger partial charge >= 0.3 is 5.97 Å². The second-order valence-corrected chi connectivity index (χ2v) is 5.90. The lowest BCUT2D eigenvalue weighted by atomic mass is 10.1. The van der Waals surface area contributed by atoms with Crippen LogP contribution in [0.1, 0.15) is 50.5 Å². The molecule has 2 aromatic carbocycles. The van der Waals surface area contributed by atoms with Gasteiger partial charge in [0, 0.05) is 6.04 Å². The van der Waals surface area contributed by atoms with Crippen molar-refractivity contribution in [2.75, 3.05) is 0 Å². The lowest BCUT2D eigenvalue weighted by Crippen LogP contribution is -2.35. The fourth-order valence-corrected chi connectivity index (χ4v) is 2.66. The van der Waals surface area contributed by atoms with Crippen LogP contribution >= 0.6 is 0 Å². The van der Waals surface area contributed by atoms with Gasteiger partial charge in [-0.25, -0.2) is 4.79 Å². The van der Waals surface area contributed by atoms with Crippen molar-refractivity contribution in [3.05, 3.63) is 70.8 Å². The van der Waals surface area contributed by atoms with Gasteiger partial charge in [-0.1, -0.05) is 30.3 Å². The molecular formula is C19H17NO4. The van der Waals surface area contributed by atoms with Gasteiger partial charge in [-0.05, 0) is 37.6 Å². The summed E-state index contributed by atoms with van der Waals surface area (Å²) in [6.45, 7) is 3.70. The Kier molecular flexibility index (Phi) is 4.16. The zero-order chi connectivity index (χ0) is 17.3. The minimum Gasteiger partial charge on any atom is -0.457 e. The molecule has 0 saturated carbocycles. The molecule has 0 radical (unpaired) electrons. The van der Waals surface area contributed by atoms with Crippen LogP contribution < -0.4 is 0 Å². The molecule has 2 aromatic rings. The first-order valence-electron chi connectivity index (χ1n) is 7.72. The molecule has 1 aliphatic rings. The molecule has 0 aromatic heterocycles. The Morgan fingerprint density at radius 1 is 1.00 bits per heavy atom. The van der Waals surface area contributed by atoms with Gasteiger partial charge in [0.25, 0.3) is 11.8 Å². The summed E-state index contributed by atoms with van der Waals surface area (Å²) < 4.78 is 5.26. The number of rotatable bonds is 4. The van der Waals surface area contributed by atoms with Crippen LogP contribution in [-0.2, 0) is 11.3 Å². The summed E-state index contributed by atoms with van der Waals surface area (Å²) in [5, 5.41) is 0. The van der Waals surface area contributed by atoms with E-state index in [1.54, 1.807) is 13.8 Å². The molecule has 122 valence electrons. The van der Waals surface area contributed by atoms with E-state index in [2.05, 4.69) is 0 Å². The van der Waals surface area contributed by atoms with E-state index in [9.17, 15) is 14.4 Å². The Balaban J connectivity index is 1.79. The summed E-state index contributed by atoms with van der Waals surface area (Å²) in [5.74, 6) is -1.22. The zero-order valence-electron chi connectivity index (χ0n) is 13.5. The highest BCUT2D eigenvalue weighted by atomic mass is 16.5. The van der Waals surface area contributed by atoms with E-state index < -0.39 is 5.97 Å². The van der Waals surface area contributed by atoms with Crippen LogP contribution in [0.25, 0.3) is 0 Å². The number of esters is 1. The molecule has 0 aliphatic carbocycles. The topological polar surface area (TPSA) is 63.7 Å². The molecule has 0 saturated heterocycles. The number of carbonyl (C=O) groups is 3. The molecule has 0 atom stereocenters. The average molecular weight is 323 g/mol. The van der Waals surface area contributed by atoms with Crippen molar-refractivity contribution in [2.24, 2.45) is 0 Å². The summed E-state index contributed by atoms with van der Waals surface area (Å²) in [6, 6.07) is 13.6. The third-order valence-electron chi connectivity index (χ3n) is 3.88. The molecule has 0 N–H and O–H groups in total. The lowest BCUT2D eigenvalue weighted by molar-refractivity contribution is 0.0472. The van der Waals surface area contributed by atoms with Crippen molar-refractivity contribution >= 4 is 17.8 Å². The molecule has 1 heterocycles. The van der Waals surface area contributed by atoms with Crippen LogP contribution in [-0.4, -0.2) is 28.7 Å². The Labute approximate surface area is 139 Å². The maximum absolute atomic E-state index is 12.4. The van der Waals surface area contributed by atoms with Gasteiger partial charge in [-0.3, -0.25) is 14.5 Å². The number of ether oxygens (including phenoxy) is 1. The number of hydrogen-bond acceptors (Lipinski definition) is 4. The van der Waals surface area contributed by atoms with E-state index in [-0.39, 0.29) is 35.6 Å². The first kappa shape index (κ1) is 15.9. The monoisotopic (exact) mass is 323 g/mol. The number of imide groups is 1. The molecule has 0 unspecified atom stereocenters. The highest BCUT2D eigenvalue weighted by Gasteiger charge is 2.37. The van der Waals surface area contributed by atoms with Crippen LogP contribution in [0.4, 0.5) is 0 Å². The van der Waals surface area contributed by atoms with Crippen molar-refractivity contribution in [1.82, 2.24) is 4.90 Å². The highest BCUT2D eigenvalue weighted by Crippen LogP contribution is 2.26. The van der Waals surface area contributed by atoms with Gasteiger partial charge in [0.05, 0.1) is 16.7 Å². The smallest absolute Gasteiger partial charge is 0.338 e. The largest absolute Gasteiger partial charge is 0.457 e. The van der Waals surface area contributed by atoms with Gasteiger partial charge < -0.3 is 4.74 Å². The Hall–Kier alpha value is -2.95. The number of benzene rings is 2. The molecule has 24 heavy (non-hydrogen) atoms. The van der Waals surface area contributed by atoms with Gasteiger partial charge in [0.15, 0.2) is 0 Å². The van der Waals surface area contributed by atoms with Crippen LogP contribution in [0.2, 0.25) is 0 Å². The van der Waals surface area contributed by atoms with Crippen LogP contribution in [0, 0.1) is 0 Å². The maximum Gasteiger partial charge on any atom is 0.338 e. The Bertz CT molecular complexity index is 811. The van der Waals surface area contributed by atoms with Crippen molar-refractivity contribution in [3.63, 3.8) is 0 Å². The minimum atomic E-state index is -0.523. The highest BCUT2D eigenvalue weighted by molar-refractivity contribution is 6.22. The van der Waals surface area contributed by atoms with E-state index in [1.807, 2.05) is 30.3 Å². The summed E-state index contributed by atoms with van der Waals surface area (Å²) >= 11 is 0. The maximum atomic E-state index is 12.4. The van der Waals surface area contributed by atoms with Crippen molar-refractivity contribution in [2.45, 2.75) is 26.5 Å². The summed E-state index contributed by atoms with van der Waals surface area (Å²) in [4.78, 5) is 38.0. The van der Waals surface area contributed by atoms with Crippen molar-refractivity contribution in [3.8, 4) is 0 Å². The SMILES string of the molecule is CC(C)N1C(=O)c2ccc(C(=O)OCc3ccccc3)cc2C1=O. The minimum absolute atomic E-state index is 0.155. The molecule has 0 spiro atoms. The van der Waals surface area contributed by atoms with Crippen LogP contribution in [0.15, 0.2) is 48.5 Å². The fraction of sp³-hybridized carbons (Fsp3) is 0.211. The van der Waals surface area contributed by atoms with Gasteiger partial charge in [-0.2, -0.15) is 0 Å². The lowest BCUT2D eigenvalue weighted by Gasteiger charge is -2.17. The van der Waals surface area contributed by atoms with Crippen molar-refractivity contribution in [1.29, 1.82) is 0 Å². The first-order chi connectivity index (χ1) is 11.5. The van der Waals surface area contributed by atoms with E-state index in [1.165, 1.54) is 23.1 Å². The number of nitrogens with zero attached hydrogens (tertiary/aromatic N) is 1. The number of hydrogen-bond donors (Lipinski definition) is 0. The molecule has 0 bridgehead atoms. The van der Waals surface area contributed by atoms with Gasteiger partial charge in [-0.15, -0.1) is 0 Å². The Morgan fingerprint density at radius 2 is 1.67 bits per heavy atom. The number of carbonyl (C=O) groups excluding carboxylic acids is 3. The first-order valence-corrected chi connectivity index (χ1v) is 7.72. The molecule has 5 nitrogen and oxygen atoms in total. The quantitative estimate of drug-likeness (QED) is 0.641. The summed E-state index contributed by atoms with van der Waals surface area (Å²) in [7, 11) is 0. The van der Waals surface area contributed by atoms with Gasteiger partial charge in [0.1, 0.15) is 6.61 Å². The van der Waals surface area contributed by atoms with Crippen LogP contribution in [0.3, 0.4) is 0 Å². The normalized spacial score (nSPS) is 13.4. The molecular weight excluding hydrogens is 306 g/mol. The predicted octanol–water partition coefficient (Wildman–Crippen LogP) is 3.05. The van der Waals surface area contributed by atoms with Crippen LogP contribution in [0.5, 0.6) is 0 Å². The molecule has 3 rings (SSSR count). The number of fused-ring (bicyclic) bond motifs is 1. The predicted molar refractivity (Wildman–Crippen MR) is 87.6 cm³/mol. The van der Waals surface area contributed by atoms with E-state index >= 15 is 0 Å².